The Balaban J connectivity index is 1.25. The number of nitrogens with zero attached hydrogens (tertiary/aromatic N) is 2. The van der Waals surface area contributed by atoms with E-state index >= 15 is 0 Å². The summed E-state index contributed by atoms with van der Waals surface area (Å²) in [6, 6.07) is 18.7. The molecule has 0 radical (unpaired) electrons. The Labute approximate surface area is 169 Å². The molecule has 2 aromatic carbocycles. The van der Waals surface area contributed by atoms with Crippen molar-refractivity contribution >= 4 is 32.7 Å². The highest BCUT2D eigenvalue weighted by Crippen LogP contribution is 2.28. The fourth-order valence-corrected chi connectivity index (χ4v) is 4.20. The molecular formula is C24H24N4O. The SMILES string of the molecule is OC(CNCCc1c[nH]c2ccccc12)Cn1c2ccccc2c2ccncc21. The summed E-state index contributed by atoms with van der Waals surface area (Å²) in [6.07, 6.45) is 6.23. The van der Waals surface area contributed by atoms with Crippen molar-refractivity contribution in [3.05, 3.63) is 78.8 Å². The van der Waals surface area contributed by atoms with Gasteiger partial charge < -0.3 is 20.0 Å². The first-order valence-electron chi connectivity index (χ1n) is 10.1. The zero-order valence-corrected chi connectivity index (χ0v) is 16.2. The van der Waals surface area contributed by atoms with Crippen LogP contribution in [0.1, 0.15) is 5.56 Å². The van der Waals surface area contributed by atoms with Crippen molar-refractivity contribution in [1.29, 1.82) is 0 Å². The van der Waals surface area contributed by atoms with Crippen molar-refractivity contribution in [3.63, 3.8) is 0 Å². The molecule has 5 rings (SSSR count). The Morgan fingerprint density at radius 3 is 2.69 bits per heavy atom. The van der Waals surface area contributed by atoms with Crippen LogP contribution in [0.15, 0.2) is 73.2 Å². The predicted molar refractivity (Wildman–Crippen MR) is 118 cm³/mol. The lowest BCUT2D eigenvalue weighted by molar-refractivity contribution is 0.154. The maximum atomic E-state index is 10.7. The van der Waals surface area contributed by atoms with E-state index in [1.807, 2.05) is 30.6 Å². The first kappa shape index (κ1) is 17.9. The molecule has 0 fully saturated rings. The topological polar surface area (TPSA) is 65.9 Å². The summed E-state index contributed by atoms with van der Waals surface area (Å²) < 4.78 is 2.17. The van der Waals surface area contributed by atoms with Crippen LogP contribution in [0.2, 0.25) is 0 Å². The van der Waals surface area contributed by atoms with E-state index in [-0.39, 0.29) is 0 Å². The molecule has 5 heteroatoms. The number of benzene rings is 2. The third-order valence-electron chi connectivity index (χ3n) is 5.60. The molecule has 0 saturated carbocycles. The Hall–Kier alpha value is -3.15. The van der Waals surface area contributed by atoms with E-state index in [0.717, 1.165) is 24.0 Å². The summed E-state index contributed by atoms with van der Waals surface area (Å²) in [7, 11) is 0. The summed E-state index contributed by atoms with van der Waals surface area (Å²) >= 11 is 0. The van der Waals surface area contributed by atoms with Crippen molar-refractivity contribution in [2.75, 3.05) is 13.1 Å². The first-order chi connectivity index (χ1) is 14.3. The number of aromatic nitrogens is 3. The maximum Gasteiger partial charge on any atom is 0.0843 e. The zero-order valence-electron chi connectivity index (χ0n) is 16.2. The van der Waals surface area contributed by atoms with Gasteiger partial charge in [-0.1, -0.05) is 36.4 Å². The molecule has 0 aliphatic heterocycles. The van der Waals surface area contributed by atoms with Gasteiger partial charge in [-0.3, -0.25) is 4.98 Å². The number of aliphatic hydroxyl groups excluding tert-OH is 1. The summed E-state index contributed by atoms with van der Waals surface area (Å²) in [5, 5.41) is 17.7. The maximum absolute atomic E-state index is 10.7. The van der Waals surface area contributed by atoms with Crippen molar-refractivity contribution in [2.45, 2.75) is 19.1 Å². The van der Waals surface area contributed by atoms with Crippen molar-refractivity contribution in [3.8, 4) is 0 Å². The minimum atomic E-state index is -0.475. The van der Waals surface area contributed by atoms with Crippen LogP contribution >= 0.6 is 0 Å². The smallest absolute Gasteiger partial charge is 0.0843 e. The zero-order chi connectivity index (χ0) is 19.6. The lowest BCUT2D eigenvalue weighted by Crippen LogP contribution is -2.31. The molecule has 3 heterocycles. The Morgan fingerprint density at radius 1 is 0.966 bits per heavy atom. The number of fused-ring (bicyclic) bond motifs is 4. The fourth-order valence-electron chi connectivity index (χ4n) is 4.20. The van der Waals surface area contributed by atoms with Crippen LogP contribution in [0.4, 0.5) is 0 Å². The average Bonchev–Trinajstić information content (AvgIpc) is 3.31. The quantitative estimate of drug-likeness (QED) is 0.373. The molecule has 3 aromatic heterocycles. The lowest BCUT2D eigenvalue weighted by Gasteiger charge is -2.14. The Morgan fingerprint density at radius 2 is 1.76 bits per heavy atom. The summed E-state index contributed by atoms with van der Waals surface area (Å²) in [4.78, 5) is 7.60. The van der Waals surface area contributed by atoms with Gasteiger partial charge >= 0.3 is 0 Å². The number of rotatable bonds is 7. The molecule has 0 aliphatic rings. The number of hydrogen-bond donors (Lipinski definition) is 3. The number of aliphatic hydroxyl groups is 1. The molecule has 29 heavy (non-hydrogen) atoms. The fraction of sp³-hybridized carbons (Fsp3) is 0.208. The van der Waals surface area contributed by atoms with E-state index in [1.54, 1.807) is 0 Å². The Bertz CT molecular complexity index is 1220. The standard InChI is InChI=1S/C24H24N4O/c29-18(14-25-11-9-17-13-27-22-7-3-1-5-19(17)22)16-28-23-8-4-2-6-20(23)21-10-12-26-15-24(21)28/h1-8,10,12-13,15,18,25,27,29H,9,11,14,16H2. The third kappa shape index (κ3) is 3.39. The van der Waals surface area contributed by atoms with Gasteiger partial charge in [0.1, 0.15) is 0 Å². The van der Waals surface area contributed by atoms with Gasteiger partial charge in [-0.05, 0) is 36.7 Å². The van der Waals surface area contributed by atoms with Crippen LogP contribution in [0.25, 0.3) is 32.7 Å². The number of para-hydroxylation sites is 2. The number of aromatic amines is 1. The van der Waals surface area contributed by atoms with E-state index in [1.165, 1.54) is 27.2 Å². The number of pyridine rings is 1. The van der Waals surface area contributed by atoms with Crippen LogP contribution in [-0.2, 0) is 13.0 Å². The van der Waals surface area contributed by atoms with Crippen LogP contribution in [0, 0.1) is 0 Å². The largest absolute Gasteiger partial charge is 0.390 e. The average molecular weight is 384 g/mol. The van der Waals surface area contributed by atoms with Crippen LogP contribution in [0.5, 0.6) is 0 Å². The van der Waals surface area contributed by atoms with Gasteiger partial charge in [0, 0.05) is 46.1 Å². The van der Waals surface area contributed by atoms with Crippen molar-refractivity contribution in [2.24, 2.45) is 0 Å². The van der Waals surface area contributed by atoms with Gasteiger partial charge in [0.05, 0.1) is 24.4 Å². The normalized spacial score (nSPS) is 12.9. The van der Waals surface area contributed by atoms with E-state index < -0.39 is 6.10 Å². The lowest BCUT2D eigenvalue weighted by atomic mass is 10.1. The molecule has 0 aliphatic carbocycles. The van der Waals surface area contributed by atoms with Crippen molar-refractivity contribution < 1.29 is 5.11 Å². The van der Waals surface area contributed by atoms with Crippen LogP contribution in [-0.4, -0.2) is 38.8 Å². The van der Waals surface area contributed by atoms with Crippen LogP contribution < -0.4 is 5.32 Å². The molecule has 5 aromatic rings. The van der Waals surface area contributed by atoms with Gasteiger partial charge in [-0.15, -0.1) is 0 Å². The van der Waals surface area contributed by atoms with Gasteiger partial charge in [-0.2, -0.15) is 0 Å². The molecule has 0 spiro atoms. The van der Waals surface area contributed by atoms with E-state index in [4.69, 9.17) is 0 Å². The van der Waals surface area contributed by atoms with E-state index in [9.17, 15) is 5.11 Å². The van der Waals surface area contributed by atoms with Crippen molar-refractivity contribution in [1.82, 2.24) is 19.9 Å². The number of hydrogen-bond acceptors (Lipinski definition) is 3. The second-order valence-corrected chi connectivity index (χ2v) is 7.49. The second-order valence-electron chi connectivity index (χ2n) is 7.49. The highest BCUT2D eigenvalue weighted by molar-refractivity contribution is 6.07. The molecule has 5 nitrogen and oxygen atoms in total. The predicted octanol–water partition coefficient (Wildman–Crippen LogP) is 3.86. The second kappa shape index (κ2) is 7.70. The minimum Gasteiger partial charge on any atom is -0.390 e. The molecule has 0 bridgehead atoms. The van der Waals surface area contributed by atoms with E-state index in [0.29, 0.717) is 13.1 Å². The van der Waals surface area contributed by atoms with Crippen LogP contribution in [0.3, 0.4) is 0 Å². The molecule has 3 N–H and O–H groups in total. The number of H-pyrrole nitrogens is 1. The summed E-state index contributed by atoms with van der Waals surface area (Å²) in [5.74, 6) is 0. The summed E-state index contributed by atoms with van der Waals surface area (Å²) in [6.45, 7) is 1.92. The third-order valence-corrected chi connectivity index (χ3v) is 5.60. The van der Waals surface area contributed by atoms with E-state index in [2.05, 4.69) is 62.4 Å². The highest BCUT2D eigenvalue weighted by atomic mass is 16.3. The molecule has 146 valence electrons. The molecule has 0 amide bonds. The minimum absolute atomic E-state index is 0.475. The monoisotopic (exact) mass is 384 g/mol. The van der Waals surface area contributed by atoms with Gasteiger partial charge in [-0.25, -0.2) is 0 Å². The molecular weight excluding hydrogens is 360 g/mol. The molecule has 1 unspecified atom stereocenters. The Kier molecular flexibility index (Phi) is 4.76. The van der Waals surface area contributed by atoms with Gasteiger partial charge in [0.2, 0.25) is 0 Å². The molecule has 1 atom stereocenters. The summed E-state index contributed by atoms with van der Waals surface area (Å²) in [5.41, 5.74) is 4.67. The van der Waals surface area contributed by atoms with Gasteiger partial charge in [0.15, 0.2) is 0 Å². The highest BCUT2D eigenvalue weighted by Gasteiger charge is 2.13. The van der Waals surface area contributed by atoms with Gasteiger partial charge in [0.25, 0.3) is 0 Å². The molecule has 0 saturated heterocycles. The number of nitrogens with one attached hydrogen (secondary N) is 2. The first-order valence-corrected chi connectivity index (χ1v) is 10.1.